The van der Waals surface area contributed by atoms with E-state index in [1.807, 2.05) is 49.2 Å². The van der Waals surface area contributed by atoms with Crippen molar-refractivity contribution >= 4 is 12.2 Å². The molecule has 0 saturated carbocycles. The molecule has 4 heterocycles. The van der Waals surface area contributed by atoms with Crippen LogP contribution in [0.5, 0.6) is 0 Å². The Bertz CT molecular complexity index is 1260. The molecule has 31 heavy (non-hydrogen) atoms. The summed E-state index contributed by atoms with van der Waals surface area (Å²) in [6.07, 6.45) is 10.0. The van der Waals surface area contributed by atoms with Gasteiger partial charge in [-0.05, 0) is 69.0 Å². The van der Waals surface area contributed by atoms with Crippen LogP contribution in [0.1, 0.15) is 58.6 Å². The van der Waals surface area contributed by atoms with Crippen LogP contribution in [0.3, 0.4) is 0 Å². The molecule has 0 aliphatic carbocycles. The van der Waals surface area contributed by atoms with Gasteiger partial charge in [0, 0.05) is 18.7 Å². The van der Waals surface area contributed by atoms with E-state index >= 15 is 0 Å². The van der Waals surface area contributed by atoms with E-state index in [9.17, 15) is 0 Å². The van der Waals surface area contributed by atoms with Gasteiger partial charge in [0.05, 0.1) is 29.1 Å². The second-order valence-corrected chi connectivity index (χ2v) is 8.20. The van der Waals surface area contributed by atoms with Crippen molar-refractivity contribution in [2.75, 3.05) is 0 Å². The molecule has 4 aromatic rings. The standard InChI is InChI=1S/C25H26N6/c1-17-7-4-5-8-21(17)22-9-6-14-31-25(22)28-24(29-31)13-11-20-10-12-23(19(3)27-20)30-15-18(2)26-16-30/h4-5,7-8,10-13,15-16,22H,6,9,14H2,1-3H3/b13-11+/t22-/m1/s1. The third-order valence-corrected chi connectivity index (χ3v) is 5.93. The highest BCUT2D eigenvalue weighted by Crippen LogP contribution is 2.33. The van der Waals surface area contributed by atoms with Crippen molar-refractivity contribution in [2.45, 2.75) is 46.1 Å². The van der Waals surface area contributed by atoms with Crippen molar-refractivity contribution in [3.05, 3.63) is 88.8 Å². The van der Waals surface area contributed by atoms with Gasteiger partial charge >= 0.3 is 0 Å². The van der Waals surface area contributed by atoms with E-state index < -0.39 is 0 Å². The number of fused-ring (bicyclic) bond motifs is 1. The number of aromatic nitrogens is 6. The lowest BCUT2D eigenvalue weighted by Gasteiger charge is -2.23. The zero-order chi connectivity index (χ0) is 21.4. The number of hydrogen-bond donors (Lipinski definition) is 0. The first-order valence-corrected chi connectivity index (χ1v) is 10.8. The summed E-state index contributed by atoms with van der Waals surface area (Å²) in [4.78, 5) is 13.9. The molecule has 0 fully saturated rings. The second kappa shape index (κ2) is 7.95. The van der Waals surface area contributed by atoms with Crippen LogP contribution < -0.4 is 0 Å². The summed E-state index contributed by atoms with van der Waals surface area (Å²) in [7, 11) is 0. The maximum atomic E-state index is 4.88. The number of nitrogens with zero attached hydrogens (tertiary/aromatic N) is 6. The molecular formula is C25H26N6. The first-order chi connectivity index (χ1) is 15.1. The Morgan fingerprint density at radius 3 is 2.65 bits per heavy atom. The van der Waals surface area contributed by atoms with Crippen LogP contribution in [0.4, 0.5) is 0 Å². The molecular weight excluding hydrogens is 384 g/mol. The van der Waals surface area contributed by atoms with Gasteiger partial charge in [0.1, 0.15) is 5.82 Å². The Morgan fingerprint density at radius 2 is 1.87 bits per heavy atom. The Balaban J connectivity index is 1.40. The van der Waals surface area contributed by atoms with Gasteiger partial charge in [-0.25, -0.2) is 14.6 Å². The molecule has 1 aromatic carbocycles. The maximum absolute atomic E-state index is 4.88. The van der Waals surface area contributed by atoms with Crippen LogP contribution in [0.2, 0.25) is 0 Å². The number of benzene rings is 1. The summed E-state index contributed by atoms with van der Waals surface area (Å²) in [5.41, 5.74) is 6.54. The first-order valence-electron chi connectivity index (χ1n) is 10.8. The number of rotatable bonds is 4. The number of hydrogen-bond acceptors (Lipinski definition) is 4. The molecule has 0 amide bonds. The lowest BCUT2D eigenvalue weighted by Crippen LogP contribution is -2.18. The Labute approximate surface area is 182 Å². The van der Waals surface area contributed by atoms with Crippen molar-refractivity contribution in [2.24, 2.45) is 0 Å². The van der Waals surface area contributed by atoms with E-state index in [-0.39, 0.29) is 0 Å². The molecule has 5 rings (SSSR count). The molecule has 6 nitrogen and oxygen atoms in total. The van der Waals surface area contributed by atoms with Gasteiger partial charge in [0.2, 0.25) is 0 Å². The number of aryl methyl sites for hydroxylation is 4. The highest BCUT2D eigenvalue weighted by atomic mass is 15.4. The summed E-state index contributed by atoms with van der Waals surface area (Å²) in [6.45, 7) is 7.10. The van der Waals surface area contributed by atoms with Gasteiger partial charge in [-0.2, -0.15) is 5.10 Å². The van der Waals surface area contributed by atoms with E-state index in [2.05, 4.69) is 46.9 Å². The van der Waals surface area contributed by atoms with E-state index in [4.69, 9.17) is 15.1 Å². The van der Waals surface area contributed by atoms with Crippen LogP contribution >= 0.6 is 0 Å². The normalized spacial score (nSPS) is 16.0. The van der Waals surface area contributed by atoms with Crippen LogP contribution in [-0.4, -0.2) is 29.3 Å². The van der Waals surface area contributed by atoms with Crippen molar-refractivity contribution in [3.8, 4) is 5.69 Å². The Hall–Kier alpha value is -3.54. The Morgan fingerprint density at radius 1 is 1.00 bits per heavy atom. The zero-order valence-electron chi connectivity index (χ0n) is 18.2. The van der Waals surface area contributed by atoms with Crippen LogP contribution in [-0.2, 0) is 6.54 Å². The molecule has 1 atom stereocenters. The number of imidazole rings is 1. The van der Waals surface area contributed by atoms with Gasteiger partial charge < -0.3 is 4.57 Å². The van der Waals surface area contributed by atoms with Crippen molar-refractivity contribution in [3.63, 3.8) is 0 Å². The average molecular weight is 411 g/mol. The molecule has 0 spiro atoms. The van der Waals surface area contributed by atoms with E-state index in [1.54, 1.807) is 0 Å². The summed E-state index contributed by atoms with van der Waals surface area (Å²) in [6, 6.07) is 12.7. The van der Waals surface area contributed by atoms with Crippen LogP contribution in [0.15, 0.2) is 48.9 Å². The molecule has 156 valence electrons. The van der Waals surface area contributed by atoms with Gasteiger partial charge in [-0.1, -0.05) is 24.3 Å². The average Bonchev–Trinajstić information content (AvgIpc) is 3.38. The largest absolute Gasteiger partial charge is 0.304 e. The van der Waals surface area contributed by atoms with Crippen LogP contribution in [0, 0.1) is 20.8 Å². The van der Waals surface area contributed by atoms with E-state index in [0.717, 1.165) is 53.8 Å². The highest BCUT2D eigenvalue weighted by Gasteiger charge is 2.26. The third-order valence-electron chi connectivity index (χ3n) is 5.93. The minimum absolute atomic E-state index is 0.308. The van der Waals surface area contributed by atoms with Crippen LogP contribution in [0.25, 0.3) is 17.8 Å². The minimum Gasteiger partial charge on any atom is -0.304 e. The van der Waals surface area contributed by atoms with Gasteiger partial charge in [-0.15, -0.1) is 0 Å². The quantitative estimate of drug-likeness (QED) is 0.481. The van der Waals surface area contributed by atoms with E-state index in [0.29, 0.717) is 5.92 Å². The Kier molecular flexibility index (Phi) is 4.98. The fourth-order valence-corrected chi connectivity index (χ4v) is 4.36. The summed E-state index contributed by atoms with van der Waals surface area (Å²) < 4.78 is 4.07. The first kappa shape index (κ1) is 19.4. The lowest BCUT2D eigenvalue weighted by molar-refractivity contribution is 0.445. The monoisotopic (exact) mass is 410 g/mol. The van der Waals surface area contributed by atoms with Gasteiger partial charge in [0.25, 0.3) is 0 Å². The fraction of sp³-hybridized carbons (Fsp3) is 0.280. The smallest absolute Gasteiger partial charge is 0.174 e. The second-order valence-electron chi connectivity index (χ2n) is 8.20. The summed E-state index contributed by atoms with van der Waals surface area (Å²) in [5.74, 6) is 2.11. The molecule has 0 N–H and O–H groups in total. The molecule has 0 bridgehead atoms. The molecule has 0 saturated heterocycles. The predicted octanol–water partition coefficient (Wildman–Crippen LogP) is 4.88. The van der Waals surface area contributed by atoms with Crippen molar-refractivity contribution in [1.82, 2.24) is 29.3 Å². The third kappa shape index (κ3) is 3.81. The van der Waals surface area contributed by atoms with Crippen molar-refractivity contribution < 1.29 is 0 Å². The minimum atomic E-state index is 0.308. The molecule has 0 radical (unpaired) electrons. The van der Waals surface area contributed by atoms with Gasteiger partial charge in [0.15, 0.2) is 5.82 Å². The lowest BCUT2D eigenvalue weighted by atomic mass is 9.88. The maximum Gasteiger partial charge on any atom is 0.174 e. The number of pyridine rings is 1. The summed E-state index contributed by atoms with van der Waals surface area (Å²) >= 11 is 0. The molecule has 0 unspecified atom stereocenters. The molecule has 6 heteroatoms. The van der Waals surface area contributed by atoms with Gasteiger partial charge in [-0.3, -0.25) is 4.98 Å². The molecule has 1 aliphatic rings. The summed E-state index contributed by atoms with van der Waals surface area (Å²) in [5, 5.41) is 4.74. The van der Waals surface area contributed by atoms with Crippen molar-refractivity contribution in [1.29, 1.82) is 0 Å². The predicted molar refractivity (Wildman–Crippen MR) is 122 cm³/mol. The SMILES string of the molecule is Cc1cn(-c2ccc(/C=C/c3nc4n(n3)CCC[C@@H]4c3ccccc3C)nc2C)cn1. The highest BCUT2D eigenvalue weighted by molar-refractivity contribution is 5.65. The molecule has 3 aromatic heterocycles. The zero-order valence-corrected chi connectivity index (χ0v) is 18.2. The topological polar surface area (TPSA) is 61.4 Å². The molecule has 1 aliphatic heterocycles. The fourth-order valence-electron chi connectivity index (χ4n) is 4.36. The van der Waals surface area contributed by atoms with E-state index in [1.165, 1.54) is 11.1 Å².